The average molecular weight is 428 g/mol. The Labute approximate surface area is 185 Å². The number of thiocarbonyl (C=S) groups is 1. The SMILES string of the molecule is Oc1ccc(N2C(=S)N[C@@H](c3ccccn3)[C@H]2c2cccn2Cc2cccnc2)cc1. The van der Waals surface area contributed by atoms with Gasteiger partial charge in [-0.3, -0.25) is 9.97 Å². The van der Waals surface area contributed by atoms with Crippen LogP contribution in [0.1, 0.15) is 29.0 Å². The minimum absolute atomic E-state index is 0.112. The Morgan fingerprint density at radius 1 is 0.968 bits per heavy atom. The third-order valence-corrected chi connectivity index (χ3v) is 5.78. The monoisotopic (exact) mass is 427 g/mol. The van der Waals surface area contributed by atoms with Crippen molar-refractivity contribution in [1.29, 1.82) is 0 Å². The fourth-order valence-electron chi connectivity index (χ4n) is 4.07. The molecule has 0 radical (unpaired) electrons. The van der Waals surface area contributed by atoms with Gasteiger partial charge < -0.3 is 19.9 Å². The second kappa shape index (κ2) is 8.20. The first kappa shape index (κ1) is 19.3. The maximum atomic E-state index is 9.77. The Morgan fingerprint density at radius 3 is 2.58 bits per heavy atom. The van der Waals surface area contributed by atoms with Gasteiger partial charge in [-0.15, -0.1) is 0 Å². The first-order valence-electron chi connectivity index (χ1n) is 10.0. The second-order valence-electron chi connectivity index (χ2n) is 7.44. The van der Waals surface area contributed by atoms with Crippen molar-refractivity contribution in [3.8, 4) is 5.75 Å². The molecule has 154 valence electrons. The van der Waals surface area contributed by atoms with Gasteiger partial charge in [0, 0.05) is 42.7 Å². The Hall–Kier alpha value is -3.71. The Bertz CT molecular complexity index is 1180. The fourth-order valence-corrected chi connectivity index (χ4v) is 4.42. The highest BCUT2D eigenvalue weighted by Crippen LogP contribution is 2.41. The molecule has 0 aliphatic carbocycles. The van der Waals surface area contributed by atoms with E-state index < -0.39 is 0 Å². The van der Waals surface area contributed by atoms with Gasteiger partial charge in [0.15, 0.2) is 5.11 Å². The molecule has 0 spiro atoms. The molecule has 0 saturated carbocycles. The fraction of sp³-hybridized carbons (Fsp3) is 0.125. The van der Waals surface area contributed by atoms with Gasteiger partial charge >= 0.3 is 0 Å². The third-order valence-electron chi connectivity index (χ3n) is 5.47. The lowest BCUT2D eigenvalue weighted by molar-refractivity contribution is 0.475. The highest BCUT2D eigenvalue weighted by atomic mass is 32.1. The molecule has 7 heteroatoms. The molecule has 31 heavy (non-hydrogen) atoms. The Balaban J connectivity index is 1.60. The van der Waals surface area contributed by atoms with Gasteiger partial charge in [0.1, 0.15) is 11.8 Å². The van der Waals surface area contributed by atoms with E-state index in [0.29, 0.717) is 11.7 Å². The molecule has 0 unspecified atom stereocenters. The van der Waals surface area contributed by atoms with Crippen LogP contribution in [-0.2, 0) is 6.54 Å². The largest absolute Gasteiger partial charge is 0.508 e. The van der Waals surface area contributed by atoms with Gasteiger partial charge in [-0.1, -0.05) is 12.1 Å². The van der Waals surface area contributed by atoms with Gasteiger partial charge in [-0.2, -0.15) is 0 Å². The second-order valence-corrected chi connectivity index (χ2v) is 7.82. The molecule has 0 amide bonds. The van der Waals surface area contributed by atoms with E-state index in [1.54, 1.807) is 24.5 Å². The normalized spacial score (nSPS) is 18.2. The van der Waals surface area contributed by atoms with Crippen molar-refractivity contribution in [1.82, 2.24) is 19.9 Å². The number of nitrogens with one attached hydrogen (secondary N) is 1. The van der Waals surface area contributed by atoms with E-state index in [-0.39, 0.29) is 17.8 Å². The molecule has 3 aromatic heterocycles. The van der Waals surface area contributed by atoms with E-state index in [1.807, 2.05) is 42.6 Å². The first-order chi connectivity index (χ1) is 15.2. The number of aromatic nitrogens is 3. The van der Waals surface area contributed by atoms with Crippen LogP contribution in [0, 0.1) is 0 Å². The van der Waals surface area contributed by atoms with Crippen molar-refractivity contribution in [3.63, 3.8) is 0 Å². The van der Waals surface area contributed by atoms with Crippen LogP contribution in [0.2, 0.25) is 0 Å². The summed E-state index contributed by atoms with van der Waals surface area (Å²) < 4.78 is 2.22. The zero-order valence-electron chi connectivity index (χ0n) is 16.7. The lowest BCUT2D eigenvalue weighted by Crippen LogP contribution is -2.30. The molecule has 4 heterocycles. The topological polar surface area (TPSA) is 66.2 Å². The van der Waals surface area contributed by atoms with Crippen LogP contribution < -0.4 is 10.2 Å². The summed E-state index contributed by atoms with van der Waals surface area (Å²) in [4.78, 5) is 11.0. The van der Waals surface area contributed by atoms with Crippen molar-refractivity contribution >= 4 is 23.0 Å². The van der Waals surface area contributed by atoms with Gasteiger partial charge in [0.2, 0.25) is 0 Å². The van der Waals surface area contributed by atoms with E-state index in [2.05, 4.69) is 49.1 Å². The van der Waals surface area contributed by atoms with Crippen LogP contribution in [0.5, 0.6) is 5.75 Å². The van der Waals surface area contributed by atoms with E-state index in [9.17, 15) is 5.11 Å². The molecule has 1 aliphatic rings. The molecule has 2 N–H and O–H groups in total. The summed E-state index contributed by atoms with van der Waals surface area (Å²) in [6.07, 6.45) is 7.54. The number of hydrogen-bond donors (Lipinski definition) is 2. The minimum Gasteiger partial charge on any atom is -0.508 e. The summed E-state index contributed by atoms with van der Waals surface area (Å²) in [5.74, 6) is 0.222. The standard InChI is InChI=1S/C24H21N5OS/c30-19-10-8-18(9-11-19)29-23(22(27-24(29)31)20-6-1-2-13-26-20)21-7-4-14-28(21)16-17-5-3-12-25-15-17/h1-15,22-23,30H,16H2,(H,27,31)/t22-,23+/m0/s1. The average Bonchev–Trinajstić information content (AvgIpc) is 3.39. The van der Waals surface area contributed by atoms with Crippen molar-refractivity contribution in [3.05, 3.63) is 108 Å². The lowest BCUT2D eigenvalue weighted by Gasteiger charge is -2.29. The number of phenols is 1. The maximum Gasteiger partial charge on any atom is 0.174 e. The Kier molecular flexibility index (Phi) is 5.09. The number of pyridine rings is 2. The summed E-state index contributed by atoms with van der Waals surface area (Å²) >= 11 is 5.76. The van der Waals surface area contributed by atoms with Crippen LogP contribution in [0.15, 0.2) is 91.5 Å². The summed E-state index contributed by atoms with van der Waals surface area (Å²) in [5.41, 5.74) is 4.07. The summed E-state index contributed by atoms with van der Waals surface area (Å²) in [7, 11) is 0. The number of hydrogen-bond acceptors (Lipinski definition) is 4. The number of anilines is 1. The van der Waals surface area contributed by atoms with Crippen LogP contribution >= 0.6 is 12.2 Å². The third kappa shape index (κ3) is 3.75. The molecule has 1 aromatic carbocycles. The van der Waals surface area contributed by atoms with Gasteiger partial charge in [-0.05, 0) is 72.4 Å². The Morgan fingerprint density at radius 2 is 1.84 bits per heavy atom. The molecule has 1 aliphatic heterocycles. The highest BCUT2D eigenvalue weighted by Gasteiger charge is 2.42. The zero-order chi connectivity index (χ0) is 21.2. The summed E-state index contributed by atoms with van der Waals surface area (Å²) in [6.45, 7) is 0.706. The van der Waals surface area contributed by atoms with E-state index in [0.717, 1.165) is 22.6 Å². The number of rotatable bonds is 5. The van der Waals surface area contributed by atoms with Crippen molar-refractivity contribution in [2.75, 3.05) is 4.90 Å². The molecule has 2 atom stereocenters. The first-order valence-corrected chi connectivity index (χ1v) is 10.4. The van der Waals surface area contributed by atoms with Gasteiger partial charge in [0.05, 0.1) is 11.7 Å². The maximum absolute atomic E-state index is 9.77. The molecular formula is C24H21N5OS. The van der Waals surface area contributed by atoms with Crippen molar-refractivity contribution < 1.29 is 5.11 Å². The van der Waals surface area contributed by atoms with E-state index in [1.165, 1.54) is 0 Å². The number of aromatic hydroxyl groups is 1. The lowest BCUT2D eigenvalue weighted by atomic mass is 10.0. The highest BCUT2D eigenvalue weighted by molar-refractivity contribution is 7.80. The van der Waals surface area contributed by atoms with Crippen LogP contribution in [0.4, 0.5) is 5.69 Å². The molecule has 4 aromatic rings. The smallest absolute Gasteiger partial charge is 0.174 e. The van der Waals surface area contributed by atoms with Gasteiger partial charge in [0.25, 0.3) is 0 Å². The van der Waals surface area contributed by atoms with Crippen LogP contribution in [0.3, 0.4) is 0 Å². The summed E-state index contributed by atoms with van der Waals surface area (Å²) in [5, 5.41) is 13.9. The van der Waals surface area contributed by atoms with E-state index in [4.69, 9.17) is 12.2 Å². The minimum atomic E-state index is -0.120. The predicted molar refractivity (Wildman–Crippen MR) is 124 cm³/mol. The summed E-state index contributed by atoms with van der Waals surface area (Å²) in [6, 6.07) is 21.0. The number of nitrogens with zero attached hydrogens (tertiary/aromatic N) is 4. The zero-order valence-corrected chi connectivity index (χ0v) is 17.5. The van der Waals surface area contributed by atoms with Crippen molar-refractivity contribution in [2.45, 2.75) is 18.6 Å². The molecule has 0 bridgehead atoms. The molecule has 1 saturated heterocycles. The van der Waals surface area contributed by atoms with Crippen molar-refractivity contribution in [2.24, 2.45) is 0 Å². The predicted octanol–water partition coefficient (Wildman–Crippen LogP) is 4.21. The van der Waals surface area contributed by atoms with Crippen LogP contribution in [-0.4, -0.2) is 24.8 Å². The van der Waals surface area contributed by atoms with Crippen LogP contribution in [0.25, 0.3) is 0 Å². The van der Waals surface area contributed by atoms with Gasteiger partial charge in [-0.25, -0.2) is 0 Å². The molecule has 6 nitrogen and oxygen atoms in total. The van der Waals surface area contributed by atoms with E-state index >= 15 is 0 Å². The number of phenolic OH excluding ortho intramolecular Hbond substituents is 1. The molecular weight excluding hydrogens is 406 g/mol. The molecule has 5 rings (SSSR count). The quantitative estimate of drug-likeness (QED) is 0.465. The number of benzene rings is 1. The molecule has 1 fully saturated rings.